The molecule has 1 aliphatic rings. The third-order valence-corrected chi connectivity index (χ3v) is 7.12. The predicted molar refractivity (Wildman–Crippen MR) is 134 cm³/mol. The van der Waals surface area contributed by atoms with Gasteiger partial charge >= 0.3 is 5.97 Å². The van der Waals surface area contributed by atoms with Crippen molar-refractivity contribution in [1.29, 1.82) is 5.26 Å². The van der Waals surface area contributed by atoms with Crippen LogP contribution in [0.4, 0.5) is 5.69 Å². The second kappa shape index (κ2) is 11.0. The SMILES string of the molecule is C=CCOC(=O)C1=C(C)NC(SCC(=O)Nc2ccc(C)c(C)c2)=C(C#N)C1c1cccs1. The van der Waals surface area contributed by atoms with Crippen LogP contribution in [-0.4, -0.2) is 24.2 Å². The molecule has 0 saturated heterocycles. The van der Waals surface area contributed by atoms with Crippen LogP contribution in [0, 0.1) is 25.2 Å². The van der Waals surface area contributed by atoms with Gasteiger partial charge in [-0.05, 0) is 55.5 Å². The number of carbonyl (C=O) groups excluding carboxylic acids is 2. The maximum Gasteiger partial charge on any atom is 0.337 e. The van der Waals surface area contributed by atoms with Gasteiger partial charge in [-0.2, -0.15) is 5.26 Å². The molecule has 1 aromatic carbocycles. The molecule has 0 radical (unpaired) electrons. The van der Waals surface area contributed by atoms with E-state index in [1.54, 1.807) is 6.92 Å². The number of hydrogen-bond acceptors (Lipinski definition) is 7. The molecule has 0 bridgehead atoms. The van der Waals surface area contributed by atoms with Crippen molar-refractivity contribution in [3.8, 4) is 6.07 Å². The van der Waals surface area contributed by atoms with Crippen LogP contribution in [0.3, 0.4) is 0 Å². The number of anilines is 1. The van der Waals surface area contributed by atoms with Gasteiger partial charge in [-0.3, -0.25) is 4.79 Å². The Balaban J connectivity index is 1.83. The molecule has 1 aromatic heterocycles. The van der Waals surface area contributed by atoms with E-state index in [0.717, 1.165) is 21.7 Å². The van der Waals surface area contributed by atoms with Crippen LogP contribution >= 0.6 is 23.1 Å². The monoisotopic (exact) mass is 479 g/mol. The number of thioether (sulfide) groups is 1. The van der Waals surface area contributed by atoms with Gasteiger partial charge in [-0.25, -0.2) is 4.79 Å². The van der Waals surface area contributed by atoms with Crippen molar-refractivity contribution in [2.24, 2.45) is 0 Å². The van der Waals surface area contributed by atoms with Crippen LogP contribution in [0.15, 0.2) is 70.2 Å². The van der Waals surface area contributed by atoms with Gasteiger partial charge in [-0.15, -0.1) is 11.3 Å². The molecule has 0 aliphatic carbocycles. The minimum atomic E-state index is -0.557. The highest BCUT2D eigenvalue weighted by atomic mass is 32.2. The number of carbonyl (C=O) groups is 2. The van der Waals surface area contributed by atoms with Gasteiger partial charge in [0.1, 0.15) is 6.61 Å². The fourth-order valence-electron chi connectivity index (χ4n) is 3.40. The van der Waals surface area contributed by atoms with Gasteiger partial charge < -0.3 is 15.4 Å². The van der Waals surface area contributed by atoms with Crippen LogP contribution in [0.25, 0.3) is 0 Å². The molecule has 1 aliphatic heterocycles. The second-order valence-corrected chi connectivity index (χ2v) is 9.45. The summed E-state index contributed by atoms with van der Waals surface area (Å²) in [6.07, 6.45) is 1.50. The topological polar surface area (TPSA) is 91.2 Å². The summed E-state index contributed by atoms with van der Waals surface area (Å²) in [5.74, 6) is -1.12. The van der Waals surface area contributed by atoms with Gasteiger partial charge in [0.15, 0.2) is 0 Å². The molecule has 170 valence electrons. The van der Waals surface area contributed by atoms with Crippen LogP contribution in [-0.2, 0) is 14.3 Å². The van der Waals surface area contributed by atoms with Gasteiger partial charge in [0.25, 0.3) is 0 Å². The number of esters is 1. The summed E-state index contributed by atoms with van der Waals surface area (Å²) < 4.78 is 5.29. The van der Waals surface area contributed by atoms with Crippen LogP contribution in [0.1, 0.15) is 28.8 Å². The Hall–Kier alpha value is -3.28. The fourth-order valence-corrected chi connectivity index (χ4v) is 5.14. The van der Waals surface area contributed by atoms with Crippen LogP contribution < -0.4 is 10.6 Å². The van der Waals surface area contributed by atoms with Gasteiger partial charge in [0.05, 0.1) is 33.9 Å². The van der Waals surface area contributed by atoms with E-state index in [-0.39, 0.29) is 18.3 Å². The summed E-state index contributed by atoms with van der Waals surface area (Å²) in [6, 6.07) is 11.8. The zero-order chi connectivity index (χ0) is 24.0. The molecular weight excluding hydrogens is 454 g/mol. The minimum Gasteiger partial charge on any atom is -0.458 e. The highest BCUT2D eigenvalue weighted by Gasteiger charge is 2.36. The Morgan fingerprint density at radius 3 is 2.73 bits per heavy atom. The molecule has 0 fully saturated rings. The number of dihydropyridines is 1. The number of ether oxygens (including phenoxy) is 1. The van der Waals surface area contributed by atoms with Gasteiger partial charge in [0.2, 0.25) is 5.91 Å². The number of allylic oxidation sites excluding steroid dienone is 2. The number of nitrogens with zero attached hydrogens (tertiary/aromatic N) is 1. The van der Waals surface area contributed by atoms with E-state index >= 15 is 0 Å². The summed E-state index contributed by atoms with van der Waals surface area (Å²) in [5.41, 5.74) is 4.35. The Kier molecular flexibility index (Phi) is 8.15. The van der Waals surface area contributed by atoms with Crippen molar-refractivity contribution in [2.45, 2.75) is 26.7 Å². The van der Waals surface area contributed by atoms with E-state index in [0.29, 0.717) is 21.9 Å². The largest absolute Gasteiger partial charge is 0.458 e. The van der Waals surface area contributed by atoms with Gasteiger partial charge in [0, 0.05) is 16.3 Å². The lowest BCUT2D eigenvalue weighted by atomic mass is 9.87. The summed E-state index contributed by atoms with van der Waals surface area (Å²) in [7, 11) is 0. The number of amides is 1. The Bertz CT molecular complexity index is 1170. The van der Waals surface area contributed by atoms with Crippen molar-refractivity contribution in [2.75, 3.05) is 17.7 Å². The van der Waals surface area contributed by atoms with E-state index < -0.39 is 11.9 Å². The molecule has 0 saturated carbocycles. The molecule has 2 aromatic rings. The summed E-state index contributed by atoms with van der Waals surface area (Å²) in [4.78, 5) is 26.2. The zero-order valence-corrected chi connectivity index (χ0v) is 20.4. The highest BCUT2D eigenvalue weighted by molar-refractivity contribution is 8.03. The summed E-state index contributed by atoms with van der Waals surface area (Å²) in [6.45, 7) is 9.44. The van der Waals surface area contributed by atoms with E-state index in [2.05, 4.69) is 23.3 Å². The number of thiophene rings is 1. The van der Waals surface area contributed by atoms with E-state index in [9.17, 15) is 14.9 Å². The summed E-state index contributed by atoms with van der Waals surface area (Å²) >= 11 is 2.70. The Labute approximate surface area is 202 Å². The first kappa shape index (κ1) is 24.4. The average molecular weight is 480 g/mol. The molecule has 8 heteroatoms. The standard InChI is InChI=1S/C25H25N3O3S2/c1-5-10-31-25(30)22-17(4)27-24(19(13-26)23(22)20-7-6-11-32-20)33-14-21(29)28-18-9-8-15(2)16(3)12-18/h5-9,11-12,23,27H,1,10,14H2,2-4H3,(H,28,29). The molecule has 0 spiro atoms. The third-order valence-electron chi connectivity index (χ3n) is 5.17. The highest BCUT2D eigenvalue weighted by Crippen LogP contribution is 2.42. The van der Waals surface area contributed by atoms with Crippen molar-refractivity contribution >= 4 is 40.7 Å². The molecule has 2 N–H and O–H groups in total. The maximum atomic E-state index is 12.8. The Morgan fingerprint density at radius 1 is 1.30 bits per heavy atom. The van der Waals surface area contributed by atoms with Crippen molar-refractivity contribution in [3.05, 3.63) is 86.2 Å². The third kappa shape index (κ3) is 5.75. The molecule has 33 heavy (non-hydrogen) atoms. The predicted octanol–water partition coefficient (Wildman–Crippen LogP) is 5.16. The molecular formula is C25H25N3O3S2. The zero-order valence-electron chi connectivity index (χ0n) is 18.7. The fraction of sp³-hybridized carbons (Fsp3) is 0.240. The molecule has 2 heterocycles. The number of hydrogen-bond donors (Lipinski definition) is 2. The first-order valence-corrected chi connectivity index (χ1v) is 12.2. The molecule has 3 rings (SSSR count). The number of aryl methyl sites for hydroxylation is 2. The number of nitriles is 1. The van der Waals surface area contributed by atoms with E-state index in [4.69, 9.17) is 4.74 Å². The molecule has 1 unspecified atom stereocenters. The van der Waals surface area contributed by atoms with Crippen molar-refractivity contribution < 1.29 is 14.3 Å². The maximum absolute atomic E-state index is 12.8. The molecule has 1 amide bonds. The van der Waals surface area contributed by atoms with Crippen molar-refractivity contribution in [3.63, 3.8) is 0 Å². The molecule has 6 nitrogen and oxygen atoms in total. The van der Waals surface area contributed by atoms with Crippen LogP contribution in [0.5, 0.6) is 0 Å². The normalized spacial score (nSPS) is 15.5. The first-order chi connectivity index (χ1) is 15.8. The second-order valence-electron chi connectivity index (χ2n) is 7.49. The average Bonchev–Trinajstić information content (AvgIpc) is 3.32. The van der Waals surface area contributed by atoms with E-state index in [1.807, 2.05) is 49.6 Å². The number of nitrogens with one attached hydrogen (secondary N) is 2. The number of rotatable bonds is 8. The Morgan fingerprint density at radius 2 is 2.09 bits per heavy atom. The molecule has 1 atom stereocenters. The first-order valence-electron chi connectivity index (χ1n) is 10.3. The van der Waals surface area contributed by atoms with Gasteiger partial charge in [-0.1, -0.05) is 36.5 Å². The van der Waals surface area contributed by atoms with Crippen molar-refractivity contribution in [1.82, 2.24) is 5.32 Å². The number of benzene rings is 1. The summed E-state index contributed by atoms with van der Waals surface area (Å²) in [5, 5.41) is 18.5. The lowest BCUT2D eigenvalue weighted by Crippen LogP contribution is -2.29. The minimum absolute atomic E-state index is 0.0820. The quantitative estimate of drug-likeness (QED) is 0.401. The lowest BCUT2D eigenvalue weighted by molar-refractivity contribution is -0.138. The van der Waals surface area contributed by atoms with Crippen LogP contribution in [0.2, 0.25) is 0 Å². The smallest absolute Gasteiger partial charge is 0.337 e. The lowest BCUT2D eigenvalue weighted by Gasteiger charge is -2.28. The van der Waals surface area contributed by atoms with E-state index in [1.165, 1.54) is 29.2 Å².